The number of nitrogens with zero attached hydrogens (tertiary/aromatic N) is 1. The molecule has 1 aromatic carbocycles. The Hall–Kier alpha value is -1.41. The van der Waals surface area contributed by atoms with Crippen molar-refractivity contribution in [1.82, 2.24) is 4.98 Å². The number of halogens is 2. The first kappa shape index (κ1) is 13.0. The smallest absolute Gasteiger partial charge is 0.134 e. The van der Waals surface area contributed by atoms with Crippen LogP contribution in [0.25, 0.3) is 11.3 Å². The average molecular weight is 264 g/mol. The molecule has 2 rings (SSSR count). The predicted octanol–water partition coefficient (Wildman–Crippen LogP) is 4.84. The van der Waals surface area contributed by atoms with Crippen LogP contribution < -0.4 is 0 Å². The zero-order valence-corrected chi connectivity index (χ0v) is 11.4. The molecule has 94 valence electrons. The Kier molecular flexibility index (Phi) is 3.40. The largest absolute Gasteiger partial charge is 0.256 e. The topological polar surface area (TPSA) is 12.9 Å². The van der Waals surface area contributed by atoms with E-state index in [2.05, 4.69) is 25.8 Å². The lowest BCUT2D eigenvalue weighted by molar-refractivity contribution is 0.589. The van der Waals surface area contributed by atoms with Crippen LogP contribution in [0.2, 0.25) is 5.02 Å². The molecule has 3 heteroatoms. The number of aromatic nitrogens is 1. The first-order valence-electron chi connectivity index (χ1n) is 5.80. The fourth-order valence-electron chi connectivity index (χ4n) is 1.74. The molecule has 0 aliphatic heterocycles. The van der Waals surface area contributed by atoms with Gasteiger partial charge in [-0.05, 0) is 41.3 Å². The minimum Gasteiger partial charge on any atom is -0.256 e. The highest BCUT2D eigenvalue weighted by molar-refractivity contribution is 6.30. The Bertz CT molecular complexity index is 573. The molecular formula is C15H15ClFN. The lowest BCUT2D eigenvalue weighted by atomic mass is 9.87. The summed E-state index contributed by atoms with van der Waals surface area (Å²) in [7, 11) is 0. The summed E-state index contributed by atoms with van der Waals surface area (Å²) in [5, 5.41) is 0.392. The number of hydrogen-bond acceptors (Lipinski definition) is 1. The SMILES string of the molecule is CC(C)(C)c1ccnc(-c2ccc(Cl)cc2F)c1. The summed E-state index contributed by atoms with van der Waals surface area (Å²) in [5.74, 6) is -0.346. The minimum atomic E-state index is -0.346. The highest BCUT2D eigenvalue weighted by Crippen LogP contribution is 2.28. The van der Waals surface area contributed by atoms with E-state index in [1.54, 1.807) is 18.3 Å². The van der Waals surface area contributed by atoms with Crippen molar-refractivity contribution in [2.45, 2.75) is 26.2 Å². The summed E-state index contributed by atoms with van der Waals surface area (Å²) in [5.41, 5.74) is 2.25. The quantitative estimate of drug-likeness (QED) is 0.717. The van der Waals surface area contributed by atoms with Gasteiger partial charge in [-0.15, -0.1) is 0 Å². The van der Waals surface area contributed by atoms with Crippen LogP contribution in [0.15, 0.2) is 36.5 Å². The van der Waals surface area contributed by atoms with Crippen molar-refractivity contribution in [3.05, 3.63) is 52.9 Å². The van der Waals surface area contributed by atoms with Gasteiger partial charge in [0, 0.05) is 16.8 Å². The van der Waals surface area contributed by atoms with Gasteiger partial charge in [0.25, 0.3) is 0 Å². The maximum atomic E-state index is 13.8. The predicted molar refractivity (Wildman–Crippen MR) is 73.3 cm³/mol. The van der Waals surface area contributed by atoms with Crippen molar-refractivity contribution in [3.8, 4) is 11.3 Å². The van der Waals surface area contributed by atoms with Gasteiger partial charge in [0.05, 0.1) is 5.69 Å². The van der Waals surface area contributed by atoms with Gasteiger partial charge in [0.1, 0.15) is 5.82 Å². The fourth-order valence-corrected chi connectivity index (χ4v) is 1.90. The average Bonchev–Trinajstić information content (AvgIpc) is 2.28. The number of pyridine rings is 1. The van der Waals surface area contributed by atoms with E-state index in [4.69, 9.17) is 11.6 Å². The molecule has 0 radical (unpaired) electrons. The third-order valence-corrected chi connectivity index (χ3v) is 3.07. The molecule has 1 nitrogen and oxygen atoms in total. The van der Waals surface area contributed by atoms with Crippen molar-refractivity contribution < 1.29 is 4.39 Å². The highest BCUT2D eigenvalue weighted by atomic mass is 35.5. The van der Waals surface area contributed by atoms with Crippen molar-refractivity contribution in [2.24, 2.45) is 0 Å². The van der Waals surface area contributed by atoms with E-state index in [1.807, 2.05) is 12.1 Å². The van der Waals surface area contributed by atoms with Crippen LogP contribution >= 0.6 is 11.6 Å². The maximum absolute atomic E-state index is 13.8. The van der Waals surface area contributed by atoms with Crippen LogP contribution in [-0.2, 0) is 5.41 Å². The summed E-state index contributed by atoms with van der Waals surface area (Å²) in [6.07, 6.45) is 1.71. The third kappa shape index (κ3) is 2.70. The Morgan fingerprint density at radius 3 is 2.44 bits per heavy atom. The van der Waals surface area contributed by atoms with Crippen LogP contribution in [0, 0.1) is 5.82 Å². The molecule has 18 heavy (non-hydrogen) atoms. The molecule has 0 amide bonds. The molecular weight excluding hydrogens is 249 g/mol. The summed E-state index contributed by atoms with van der Waals surface area (Å²) in [6, 6.07) is 8.52. The van der Waals surface area contributed by atoms with Crippen molar-refractivity contribution in [2.75, 3.05) is 0 Å². The van der Waals surface area contributed by atoms with E-state index in [1.165, 1.54) is 6.07 Å². The van der Waals surface area contributed by atoms with Gasteiger partial charge in [0.2, 0.25) is 0 Å². The van der Waals surface area contributed by atoms with Crippen LogP contribution in [-0.4, -0.2) is 4.98 Å². The van der Waals surface area contributed by atoms with E-state index in [-0.39, 0.29) is 11.2 Å². The second kappa shape index (κ2) is 4.69. The van der Waals surface area contributed by atoms with Gasteiger partial charge in [-0.25, -0.2) is 4.39 Å². The van der Waals surface area contributed by atoms with Gasteiger partial charge in [-0.2, -0.15) is 0 Å². The maximum Gasteiger partial charge on any atom is 0.134 e. The van der Waals surface area contributed by atoms with E-state index in [0.717, 1.165) is 5.56 Å². The van der Waals surface area contributed by atoms with Crippen molar-refractivity contribution in [3.63, 3.8) is 0 Å². The van der Waals surface area contributed by atoms with Crippen LogP contribution in [0.1, 0.15) is 26.3 Å². The first-order chi connectivity index (χ1) is 8.38. The molecule has 0 spiro atoms. The van der Waals surface area contributed by atoms with Crippen LogP contribution in [0.5, 0.6) is 0 Å². The van der Waals surface area contributed by atoms with Gasteiger partial charge < -0.3 is 0 Å². The van der Waals surface area contributed by atoms with Gasteiger partial charge in [0.15, 0.2) is 0 Å². The zero-order valence-electron chi connectivity index (χ0n) is 10.7. The molecule has 0 N–H and O–H groups in total. The molecule has 0 unspecified atom stereocenters. The first-order valence-corrected chi connectivity index (χ1v) is 6.18. The Morgan fingerprint density at radius 1 is 1.11 bits per heavy atom. The molecule has 0 saturated carbocycles. The van der Waals surface area contributed by atoms with Crippen LogP contribution in [0.4, 0.5) is 4.39 Å². The highest BCUT2D eigenvalue weighted by Gasteiger charge is 2.15. The Balaban J connectivity index is 2.51. The van der Waals surface area contributed by atoms with E-state index >= 15 is 0 Å². The summed E-state index contributed by atoms with van der Waals surface area (Å²) < 4.78 is 13.8. The molecule has 0 fully saturated rings. The molecule has 2 aromatic rings. The zero-order chi connectivity index (χ0) is 13.3. The van der Waals surface area contributed by atoms with Crippen molar-refractivity contribution >= 4 is 11.6 Å². The Morgan fingerprint density at radius 2 is 1.83 bits per heavy atom. The molecule has 1 aromatic heterocycles. The van der Waals surface area contributed by atoms with E-state index < -0.39 is 0 Å². The summed E-state index contributed by atoms with van der Waals surface area (Å²) in [6.45, 7) is 6.35. The Labute approximate surface area is 112 Å². The standard InChI is InChI=1S/C15H15ClFN/c1-15(2,3)10-6-7-18-14(8-10)12-5-4-11(16)9-13(12)17/h4-9H,1-3H3. The second-order valence-corrected chi connectivity index (χ2v) is 5.74. The van der Waals surface area contributed by atoms with Gasteiger partial charge in [-0.1, -0.05) is 32.4 Å². The summed E-state index contributed by atoms with van der Waals surface area (Å²) in [4.78, 5) is 4.23. The molecule has 0 aliphatic rings. The van der Waals surface area contributed by atoms with E-state index in [9.17, 15) is 4.39 Å². The molecule has 0 atom stereocenters. The molecule has 0 saturated heterocycles. The van der Waals surface area contributed by atoms with Crippen LogP contribution in [0.3, 0.4) is 0 Å². The van der Waals surface area contributed by atoms with E-state index in [0.29, 0.717) is 16.3 Å². The lowest BCUT2D eigenvalue weighted by Gasteiger charge is -2.19. The monoisotopic (exact) mass is 263 g/mol. The lowest BCUT2D eigenvalue weighted by Crippen LogP contribution is -2.11. The minimum absolute atomic E-state index is 0.0145. The van der Waals surface area contributed by atoms with Gasteiger partial charge >= 0.3 is 0 Å². The van der Waals surface area contributed by atoms with Crippen molar-refractivity contribution in [1.29, 1.82) is 0 Å². The number of benzene rings is 1. The molecule has 1 heterocycles. The molecule has 0 bridgehead atoms. The molecule has 0 aliphatic carbocycles. The number of rotatable bonds is 1. The summed E-state index contributed by atoms with van der Waals surface area (Å²) >= 11 is 5.75. The normalized spacial score (nSPS) is 11.6. The fraction of sp³-hybridized carbons (Fsp3) is 0.267. The van der Waals surface area contributed by atoms with Gasteiger partial charge in [-0.3, -0.25) is 4.98 Å². The second-order valence-electron chi connectivity index (χ2n) is 5.30. The third-order valence-electron chi connectivity index (χ3n) is 2.83. The number of hydrogen-bond donors (Lipinski definition) is 0.